The topological polar surface area (TPSA) is 150 Å². The van der Waals surface area contributed by atoms with Gasteiger partial charge in [-0.3, -0.25) is 14.9 Å². The molecule has 0 bridgehead atoms. The van der Waals surface area contributed by atoms with Gasteiger partial charge in [0.2, 0.25) is 15.9 Å². The number of thiazole rings is 1. The lowest BCUT2D eigenvalue weighted by molar-refractivity contribution is -0.120. The van der Waals surface area contributed by atoms with Crippen molar-refractivity contribution in [2.24, 2.45) is 5.14 Å². The van der Waals surface area contributed by atoms with E-state index in [9.17, 15) is 18.0 Å². The van der Waals surface area contributed by atoms with Crippen LogP contribution in [-0.4, -0.2) is 46.0 Å². The van der Waals surface area contributed by atoms with Crippen molar-refractivity contribution in [2.45, 2.75) is 17.7 Å². The number of nitrogens with zero attached hydrogens (tertiary/aromatic N) is 1. The maximum atomic E-state index is 12.6. The second kappa shape index (κ2) is 11.1. The monoisotopic (exact) mass is 504 g/mol. The minimum atomic E-state index is -3.73. The maximum Gasteiger partial charge on any atom is 0.257 e. The van der Waals surface area contributed by atoms with Crippen LogP contribution in [0, 0.1) is 0 Å². The number of amides is 2. The van der Waals surface area contributed by atoms with E-state index in [1.165, 1.54) is 37.7 Å². The third-order valence-corrected chi connectivity index (χ3v) is 6.45. The Morgan fingerprint density at radius 2 is 1.71 bits per heavy atom. The Kier molecular flexibility index (Phi) is 8.21. The molecule has 1 heterocycles. The summed E-state index contributed by atoms with van der Waals surface area (Å²) in [6.07, 6.45) is 0.586. The van der Waals surface area contributed by atoms with Crippen molar-refractivity contribution >= 4 is 38.3 Å². The Hall–Kier alpha value is -3.48. The molecule has 0 aliphatic rings. The molecule has 34 heavy (non-hydrogen) atoms. The van der Waals surface area contributed by atoms with E-state index >= 15 is 0 Å². The second-order valence-corrected chi connectivity index (χ2v) is 9.58. The van der Waals surface area contributed by atoms with Crippen LogP contribution in [0.2, 0.25) is 0 Å². The molecule has 0 saturated carbocycles. The van der Waals surface area contributed by atoms with E-state index in [1.54, 1.807) is 35.7 Å². The van der Waals surface area contributed by atoms with Gasteiger partial charge in [-0.15, -0.1) is 11.3 Å². The SMILES string of the molecule is COc1cc(OC)cc(C(=O)Nc2nc(CC(=O)NCCc3ccc(S(N)(=O)=O)cc3)cs2)c1. The van der Waals surface area contributed by atoms with Crippen molar-refractivity contribution in [1.82, 2.24) is 10.3 Å². The maximum absolute atomic E-state index is 12.6. The molecule has 0 fully saturated rings. The third kappa shape index (κ3) is 7.01. The van der Waals surface area contributed by atoms with E-state index in [1.807, 2.05) is 0 Å². The van der Waals surface area contributed by atoms with Crippen LogP contribution in [0.1, 0.15) is 21.6 Å². The summed E-state index contributed by atoms with van der Waals surface area (Å²) in [5.41, 5.74) is 1.74. The molecule has 0 spiro atoms. The minimum Gasteiger partial charge on any atom is -0.497 e. The lowest BCUT2D eigenvalue weighted by atomic mass is 10.1. The van der Waals surface area contributed by atoms with Crippen LogP contribution < -0.4 is 25.2 Å². The number of nitrogens with two attached hydrogens (primary N) is 1. The van der Waals surface area contributed by atoms with Crippen molar-refractivity contribution in [1.29, 1.82) is 0 Å². The number of benzene rings is 2. The number of carbonyl (C=O) groups is 2. The summed E-state index contributed by atoms with van der Waals surface area (Å²) in [6.45, 7) is 0.374. The number of carbonyl (C=O) groups excluding carboxylic acids is 2. The summed E-state index contributed by atoms with van der Waals surface area (Å²) in [5, 5.41) is 12.6. The molecule has 4 N–H and O–H groups in total. The number of sulfonamides is 1. The molecule has 2 aromatic carbocycles. The molecule has 0 unspecified atom stereocenters. The molecule has 3 aromatic rings. The number of ether oxygens (including phenoxy) is 2. The van der Waals surface area contributed by atoms with Gasteiger partial charge in [0, 0.05) is 23.6 Å². The minimum absolute atomic E-state index is 0.0391. The Labute approximate surface area is 201 Å². The second-order valence-electron chi connectivity index (χ2n) is 7.17. The van der Waals surface area contributed by atoms with Crippen LogP contribution in [0.25, 0.3) is 0 Å². The number of aromatic nitrogens is 1. The number of rotatable bonds is 10. The number of hydrogen-bond donors (Lipinski definition) is 3. The first-order valence-electron chi connectivity index (χ1n) is 10.0. The lowest BCUT2D eigenvalue weighted by Crippen LogP contribution is -2.27. The van der Waals surface area contributed by atoms with Crippen molar-refractivity contribution in [2.75, 3.05) is 26.1 Å². The molecular formula is C22H24N4O6S2. The van der Waals surface area contributed by atoms with Gasteiger partial charge in [0.15, 0.2) is 5.13 Å². The van der Waals surface area contributed by atoms with Gasteiger partial charge < -0.3 is 14.8 Å². The Morgan fingerprint density at radius 1 is 1.06 bits per heavy atom. The highest BCUT2D eigenvalue weighted by atomic mass is 32.2. The fourth-order valence-electron chi connectivity index (χ4n) is 2.97. The van der Waals surface area contributed by atoms with Crippen LogP contribution in [0.5, 0.6) is 11.5 Å². The molecule has 12 heteroatoms. The quantitative estimate of drug-likeness (QED) is 0.382. The number of methoxy groups -OCH3 is 2. The Morgan fingerprint density at radius 3 is 2.29 bits per heavy atom. The predicted molar refractivity (Wildman–Crippen MR) is 128 cm³/mol. The number of nitrogens with one attached hydrogen (secondary N) is 2. The van der Waals surface area contributed by atoms with E-state index < -0.39 is 10.0 Å². The molecule has 0 aliphatic heterocycles. The van der Waals surface area contributed by atoms with Gasteiger partial charge in [-0.25, -0.2) is 18.5 Å². The first-order valence-corrected chi connectivity index (χ1v) is 12.5. The van der Waals surface area contributed by atoms with E-state index in [0.29, 0.717) is 40.9 Å². The van der Waals surface area contributed by atoms with Gasteiger partial charge >= 0.3 is 0 Å². The van der Waals surface area contributed by atoms with E-state index in [2.05, 4.69) is 15.6 Å². The fourth-order valence-corrected chi connectivity index (χ4v) is 4.19. The molecule has 0 saturated heterocycles. The summed E-state index contributed by atoms with van der Waals surface area (Å²) in [7, 11) is -0.732. The molecule has 0 atom stereocenters. The third-order valence-electron chi connectivity index (χ3n) is 4.72. The van der Waals surface area contributed by atoms with Gasteiger partial charge in [-0.1, -0.05) is 12.1 Å². The van der Waals surface area contributed by atoms with Crippen molar-refractivity contribution < 1.29 is 27.5 Å². The average Bonchev–Trinajstić information content (AvgIpc) is 3.24. The molecule has 10 nitrogen and oxygen atoms in total. The zero-order valence-electron chi connectivity index (χ0n) is 18.5. The highest BCUT2D eigenvalue weighted by Crippen LogP contribution is 2.24. The van der Waals surface area contributed by atoms with Crippen LogP contribution in [0.15, 0.2) is 52.7 Å². The number of hydrogen-bond acceptors (Lipinski definition) is 8. The van der Waals surface area contributed by atoms with E-state index in [4.69, 9.17) is 14.6 Å². The Balaban J connectivity index is 1.49. The zero-order chi connectivity index (χ0) is 24.7. The van der Waals surface area contributed by atoms with Crippen LogP contribution in [0.4, 0.5) is 5.13 Å². The largest absolute Gasteiger partial charge is 0.497 e. The number of primary sulfonamides is 1. The number of anilines is 1. The van der Waals surface area contributed by atoms with Crippen molar-refractivity contribution in [3.8, 4) is 11.5 Å². The van der Waals surface area contributed by atoms with E-state index in [-0.39, 0.29) is 23.1 Å². The molecule has 2 amide bonds. The normalized spacial score (nSPS) is 11.0. The van der Waals surface area contributed by atoms with E-state index in [0.717, 1.165) is 5.56 Å². The van der Waals surface area contributed by atoms with Crippen molar-refractivity contribution in [3.63, 3.8) is 0 Å². The molecule has 3 rings (SSSR count). The first kappa shape index (κ1) is 25.1. The Bertz CT molecular complexity index is 1250. The van der Waals surface area contributed by atoms with Crippen LogP contribution >= 0.6 is 11.3 Å². The van der Waals surface area contributed by atoms with Crippen molar-refractivity contribution in [3.05, 3.63) is 64.7 Å². The van der Waals surface area contributed by atoms with Gasteiger partial charge in [0.05, 0.1) is 31.2 Å². The predicted octanol–water partition coefficient (Wildman–Crippen LogP) is 1.96. The zero-order valence-corrected chi connectivity index (χ0v) is 20.2. The average molecular weight is 505 g/mol. The van der Waals surface area contributed by atoms with Crippen LogP contribution in [-0.2, 0) is 27.7 Å². The highest BCUT2D eigenvalue weighted by molar-refractivity contribution is 7.89. The molecular weight excluding hydrogens is 480 g/mol. The lowest BCUT2D eigenvalue weighted by Gasteiger charge is -2.08. The summed E-state index contributed by atoms with van der Waals surface area (Å²) < 4.78 is 32.9. The van der Waals surface area contributed by atoms with Crippen LogP contribution in [0.3, 0.4) is 0 Å². The van der Waals surface area contributed by atoms with Gasteiger partial charge in [0.25, 0.3) is 5.91 Å². The molecule has 180 valence electrons. The summed E-state index contributed by atoms with van der Waals surface area (Å²) in [5.74, 6) is 0.376. The smallest absolute Gasteiger partial charge is 0.257 e. The molecule has 0 aliphatic carbocycles. The molecule has 0 radical (unpaired) electrons. The summed E-state index contributed by atoms with van der Waals surface area (Å²) in [6, 6.07) is 11.0. The standard InChI is InChI=1S/C22H24N4O6S2/c1-31-17-9-15(10-18(12-17)32-2)21(28)26-22-25-16(13-33-22)11-20(27)24-8-7-14-3-5-19(6-4-14)34(23,29)30/h3-6,9-10,12-13H,7-8,11H2,1-2H3,(H,24,27)(H2,23,29,30)(H,25,26,28). The summed E-state index contributed by atoms with van der Waals surface area (Å²) >= 11 is 1.21. The van der Waals surface area contributed by atoms with Gasteiger partial charge in [-0.05, 0) is 36.2 Å². The van der Waals surface area contributed by atoms with Gasteiger partial charge in [0.1, 0.15) is 11.5 Å². The fraction of sp³-hybridized carbons (Fsp3) is 0.227. The summed E-state index contributed by atoms with van der Waals surface area (Å²) in [4.78, 5) is 29.1. The molecule has 1 aromatic heterocycles. The first-order chi connectivity index (χ1) is 16.2. The highest BCUT2D eigenvalue weighted by Gasteiger charge is 2.14. The van der Waals surface area contributed by atoms with Gasteiger partial charge in [-0.2, -0.15) is 0 Å².